The van der Waals surface area contributed by atoms with Crippen molar-refractivity contribution in [2.24, 2.45) is 5.41 Å². The maximum atomic E-state index is 12.1. The van der Waals surface area contributed by atoms with Gasteiger partial charge in [0.2, 0.25) is 15.9 Å². The van der Waals surface area contributed by atoms with Gasteiger partial charge in [-0.15, -0.1) is 0 Å². The van der Waals surface area contributed by atoms with Crippen molar-refractivity contribution in [2.45, 2.75) is 24.7 Å². The van der Waals surface area contributed by atoms with Crippen molar-refractivity contribution in [2.75, 3.05) is 17.2 Å². The Hall–Kier alpha value is -0.920. The highest BCUT2D eigenvalue weighted by Gasteiger charge is 2.42. The number of nitrogens with one attached hydrogen (secondary N) is 2. The Balaban J connectivity index is 2.03. The average molecular weight is 361 g/mol. The zero-order valence-electron chi connectivity index (χ0n) is 11.1. The molecule has 0 bridgehead atoms. The lowest BCUT2D eigenvalue weighted by Gasteiger charge is -2.13. The Morgan fingerprint density at radius 3 is 2.35 bits per heavy atom. The monoisotopic (exact) mass is 360 g/mol. The molecular weight excluding hydrogens is 344 g/mol. The van der Waals surface area contributed by atoms with Crippen molar-refractivity contribution in [3.8, 4) is 0 Å². The van der Waals surface area contributed by atoms with Gasteiger partial charge in [0.1, 0.15) is 0 Å². The number of benzene rings is 1. The smallest absolute Gasteiger partial charge is 0.240 e. The second-order valence-electron chi connectivity index (χ2n) is 5.16. The van der Waals surface area contributed by atoms with Gasteiger partial charge in [0.15, 0.2) is 0 Å². The van der Waals surface area contributed by atoms with E-state index < -0.39 is 10.0 Å². The topological polar surface area (TPSA) is 75.3 Å². The Labute approximate surface area is 127 Å². The van der Waals surface area contributed by atoms with Gasteiger partial charge in [0, 0.05) is 24.5 Å². The molecule has 0 unspecified atom stereocenters. The molecule has 1 amide bonds. The van der Waals surface area contributed by atoms with E-state index in [0.717, 1.165) is 18.2 Å². The van der Waals surface area contributed by atoms with Crippen LogP contribution in [0.3, 0.4) is 0 Å². The van der Waals surface area contributed by atoms with Crippen LogP contribution in [0.2, 0.25) is 0 Å². The number of amides is 1. The summed E-state index contributed by atoms with van der Waals surface area (Å²) in [5.41, 5.74) is 0.666. The minimum absolute atomic E-state index is 0.0865. The van der Waals surface area contributed by atoms with Crippen LogP contribution in [0.1, 0.15) is 19.8 Å². The van der Waals surface area contributed by atoms with E-state index >= 15 is 0 Å². The second-order valence-corrected chi connectivity index (χ2v) is 7.49. The Kier molecular flexibility index (Phi) is 4.51. The summed E-state index contributed by atoms with van der Waals surface area (Å²) < 4.78 is 26.9. The van der Waals surface area contributed by atoms with E-state index in [-0.39, 0.29) is 16.2 Å². The summed E-state index contributed by atoms with van der Waals surface area (Å²) in [7, 11) is -3.49. The lowest BCUT2D eigenvalue weighted by molar-refractivity contribution is -0.114. The molecule has 20 heavy (non-hydrogen) atoms. The number of sulfonamides is 1. The van der Waals surface area contributed by atoms with Gasteiger partial charge in [0.25, 0.3) is 0 Å². The van der Waals surface area contributed by atoms with Gasteiger partial charge in [-0.1, -0.05) is 15.9 Å². The summed E-state index contributed by atoms with van der Waals surface area (Å²) in [4.78, 5) is 11.1. The van der Waals surface area contributed by atoms with Crippen LogP contribution in [0.15, 0.2) is 29.2 Å². The third-order valence-corrected chi connectivity index (χ3v) is 5.97. The normalized spacial score (nSPS) is 16.7. The molecule has 0 heterocycles. The molecule has 0 saturated heterocycles. The molecule has 110 valence electrons. The quantitative estimate of drug-likeness (QED) is 0.762. The van der Waals surface area contributed by atoms with E-state index in [4.69, 9.17) is 0 Å². The van der Waals surface area contributed by atoms with Crippen LogP contribution in [0.25, 0.3) is 0 Å². The van der Waals surface area contributed by atoms with Crippen molar-refractivity contribution in [3.05, 3.63) is 24.3 Å². The third kappa shape index (κ3) is 3.80. The lowest BCUT2D eigenvalue weighted by atomic mass is 10.1. The molecule has 5 nitrogen and oxygen atoms in total. The molecule has 7 heteroatoms. The van der Waals surface area contributed by atoms with Crippen LogP contribution in [0.4, 0.5) is 5.69 Å². The summed E-state index contributed by atoms with van der Waals surface area (Å²) in [6, 6.07) is 6.13. The first-order valence-corrected chi connectivity index (χ1v) is 8.91. The fraction of sp³-hybridized carbons (Fsp3) is 0.462. The fourth-order valence-corrected chi connectivity index (χ4v) is 3.70. The molecule has 0 aromatic heterocycles. The molecule has 0 radical (unpaired) electrons. The Morgan fingerprint density at radius 2 is 1.90 bits per heavy atom. The molecular formula is C13H17BrN2O3S. The van der Waals surface area contributed by atoms with E-state index in [0.29, 0.717) is 12.2 Å². The SMILES string of the molecule is CC(=O)Nc1ccc(S(=O)(=O)NCC2(CBr)CC2)cc1. The zero-order valence-corrected chi connectivity index (χ0v) is 13.6. The number of carbonyl (C=O) groups is 1. The first kappa shape index (κ1) is 15.5. The van der Waals surface area contributed by atoms with Crippen molar-refractivity contribution >= 4 is 37.5 Å². The standard InChI is InChI=1S/C13H17BrN2O3S/c1-10(17)16-11-2-4-12(5-3-11)20(18,19)15-9-13(8-14)6-7-13/h2-5,15H,6-9H2,1H3,(H,16,17). The molecule has 1 aromatic carbocycles. The van der Waals surface area contributed by atoms with Gasteiger partial charge < -0.3 is 5.32 Å². The minimum atomic E-state index is -3.49. The molecule has 2 N–H and O–H groups in total. The summed E-state index contributed by atoms with van der Waals surface area (Å²) in [5, 5.41) is 3.41. The summed E-state index contributed by atoms with van der Waals surface area (Å²) in [5.74, 6) is -0.188. The Bertz CT molecular complexity index is 595. The minimum Gasteiger partial charge on any atom is -0.326 e. The first-order chi connectivity index (χ1) is 9.37. The summed E-state index contributed by atoms with van der Waals surface area (Å²) >= 11 is 3.41. The van der Waals surface area contributed by atoms with Crippen molar-refractivity contribution < 1.29 is 13.2 Å². The van der Waals surface area contributed by atoms with Gasteiger partial charge in [0.05, 0.1) is 4.90 Å². The van der Waals surface area contributed by atoms with Crippen LogP contribution in [-0.2, 0) is 14.8 Å². The van der Waals surface area contributed by atoms with E-state index in [2.05, 4.69) is 26.0 Å². The third-order valence-electron chi connectivity index (χ3n) is 3.36. The maximum Gasteiger partial charge on any atom is 0.240 e. The van der Waals surface area contributed by atoms with Gasteiger partial charge in [-0.2, -0.15) is 0 Å². The van der Waals surface area contributed by atoms with E-state index in [1.54, 1.807) is 12.1 Å². The highest BCUT2D eigenvalue weighted by atomic mass is 79.9. The number of rotatable bonds is 6. The van der Waals surface area contributed by atoms with Crippen LogP contribution in [0.5, 0.6) is 0 Å². The zero-order chi connectivity index (χ0) is 14.8. The van der Waals surface area contributed by atoms with E-state index in [9.17, 15) is 13.2 Å². The van der Waals surface area contributed by atoms with Gasteiger partial charge >= 0.3 is 0 Å². The van der Waals surface area contributed by atoms with Crippen LogP contribution >= 0.6 is 15.9 Å². The summed E-state index contributed by atoms with van der Waals surface area (Å²) in [6.07, 6.45) is 2.09. The number of hydrogen-bond acceptors (Lipinski definition) is 3. The molecule has 1 aliphatic carbocycles. The second kappa shape index (κ2) is 5.83. The first-order valence-electron chi connectivity index (χ1n) is 6.30. The number of hydrogen-bond donors (Lipinski definition) is 2. The fourth-order valence-electron chi connectivity index (χ4n) is 1.79. The Morgan fingerprint density at radius 1 is 1.30 bits per heavy atom. The van der Waals surface area contributed by atoms with Crippen LogP contribution in [0, 0.1) is 5.41 Å². The number of halogens is 1. The molecule has 1 fully saturated rings. The predicted octanol–water partition coefficient (Wildman–Crippen LogP) is 2.10. The molecule has 2 rings (SSSR count). The molecule has 1 saturated carbocycles. The average Bonchev–Trinajstić information content (AvgIpc) is 3.17. The predicted molar refractivity (Wildman–Crippen MR) is 81.4 cm³/mol. The molecule has 0 aliphatic heterocycles. The van der Waals surface area contributed by atoms with Gasteiger partial charge in [-0.3, -0.25) is 4.79 Å². The van der Waals surface area contributed by atoms with E-state index in [1.165, 1.54) is 19.1 Å². The van der Waals surface area contributed by atoms with Crippen LogP contribution in [-0.4, -0.2) is 26.2 Å². The van der Waals surface area contributed by atoms with Crippen molar-refractivity contribution in [1.82, 2.24) is 4.72 Å². The number of carbonyl (C=O) groups excluding carboxylic acids is 1. The maximum absolute atomic E-state index is 12.1. The van der Waals surface area contributed by atoms with Crippen molar-refractivity contribution in [3.63, 3.8) is 0 Å². The van der Waals surface area contributed by atoms with Gasteiger partial charge in [-0.25, -0.2) is 13.1 Å². The lowest BCUT2D eigenvalue weighted by Crippen LogP contribution is -2.31. The van der Waals surface area contributed by atoms with Crippen LogP contribution < -0.4 is 10.0 Å². The largest absolute Gasteiger partial charge is 0.326 e. The number of alkyl halides is 1. The molecule has 1 aromatic rings. The summed E-state index contributed by atoms with van der Waals surface area (Å²) in [6.45, 7) is 1.86. The number of anilines is 1. The highest BCUT2D eigenvalue weighted by molar-refractivity contribution is 9.09. The molecule has 0 atom stereocenters. The molecule has 1 aliphatic rings. The van der Waals surface area contributed by atoms with Crippen molar-refractivity contribution in [1.29, 1.82) is 0 Å². The van der Waals surface area contributed by atoms with Gasteiger partial charge in [-0.05, 0) is 42.5 Å². The van der Waals surface area contributed by atoms with E-state index in [1.807, 2.05) is 0 Å². The highest BCUT2D eigenvalue weighted by Crippen LogP contribution is 2.46. The molecule has 0 spiro atoms.